The van der Waals surface area contributed by atoms with E-state index in [-0.39, 0.29) is 0 Å². The molecule has 3 heterocycles. The van der Waals surface area contributed by atoms with Crippen LogP contribution in [0.5, 0.6) is 0 Å². The van der Waals surface area contributed by atoms with Gasteiger partial charge in [-0.05, 0) is 75.8 Å². The Labute approximate surface area is 333 Å². The Hall–Kier alpha value is -7.20. The van der Waals surface area contributed by atoms with E-state index in [1.54, 1.807) is 0 Å². The fourth-order valence-corrected chi connectivity index (χ4v) is 10.5. The first kappa shape index (κ1) is 32.1. The Morgan fingerprint density at radius 2 is 0.877 bits per heavy atom. The molecular formula is C54H34N2S. The lowest BCUT2D eigenvalue weighted by Gasteiger charge is -2.10. The molecule has 0 amide bonds. The molecule has 3 heteroatoms. The van der Waals surface area contributed by atoms with Gasteiger partial charge < -0.3 is 9.13 Å². The second-order valence-corrected chi connectivity index (χ2v) is 15.9. The van der Waals surface area contributed by atoms with Crippen molar-refractivity contribution in [3.8, 4) is 44.8 Å². The van der Waals surface area contributed by atoms with Gasteiger partial charge in [0.1, 0.15) is 0 Å². The summed E-state index contributed by atoms with van der Waals surface area (Å²) in [6.45, 7) is 0. The molecule has 0 aliphatic rings. The molecule has 0 atom stereocenters. The molecule has 12 rings (SSSR count). The van der Waals surface area contributed by atoms with Crippen molar-refractivity contribution in [2.45, 2.75) is 0 Å². The molecule has 9 aromatic carbocycles. The molecule has 12 aromatic rings. The third-order valence-electron chi connectivity index (χ3n) is 11.7. The van der Waals surface area contributed by atoms with Crippen LogP contribution in [-0.4, -0.2) is 9.13 Å². The van der Waals surface area contributed by atoms with Crippen molar-refractivity contribution >= 4 is 75.1 Å². The first-order valence-corrected chi connectivity index (χ1v) is 20.3. The zero-order chi connectivity index (χ0) is 37.5. The minimum Gasteiger partial charge on any atom is -0.309 e. The largest absolute Gasteiger partial charge is 0.309 e. The van der Waals surface area contributed by atoms with Crippen molar-refractivity contribution < 1.29 is 0 Å². The fourth-order valence-electron chi connectivity index (χ4n) is 9.17. The molecule has 0 spiro atoms. The van der Waals surface area contributed by atoms with Crippen LogP contribution in [0.1, 0.15) is 0 Å². The van der Waals surface area contributed by atoms with E-state index in [1.807, 2.05) is 11.3 Å². The topological polar surface area (TPSA) is 9.86 Å². The molecule has 0 N–H and O–H groups in total. The van der Waals surface area contributed by atoms with E-state index in [0.29, 0.717) is 0 Å². The summed E-state index contributed by atoms with van der Waals surface area (Å²) in [5, 5.41) is 7.64. The highest BCUT2D eigenvalue weighted by Crippen LogP contribution is 2.46. The van der Waals surface area contributed by atoms with E-state index in [2.05, 4.69) is 215 Å². The number of benzene rings is 9. The predicted molar refractivity (Wildman–Crippen MR) is 244 cm³/mol. The van der Waals surface area contributed by atoms with E-state index in [1.165, 1.54) is 109 Å². The number of thiophene rings is 1. The quantitative estimate of drug-likeness (QED) is 0.166. The van der Waals surface area contributed by atoms with Crippen molar-refractivity contribution in [3.63, 3.8) is 0 Å². The number of hydrogen-bond donors (Lipinski definition) is 0. The first-order chi connectivity index (χ1) is 28.3. The van der Waals surface area contributed by atoms with Gasteiger partial charge in [0.15, 0.2) is 0 Å². The smallest absolute Gasteiger partial charge is 0.0641 e. The number of aromatic nitrogens is 2. The molecule has 0 bridgehead atoms. The van der Waals surface area contributed by atoms with E-state index in [4.69, 9.17) is 0 Å². The lowest BCUT2D eigenvalue weighted by molar-refractivity contribution is 1.18. The lowest BCUT2D eigenvalue weighted by atomic mass is 9.96. The molecule has 57 heavy (non-hydrogen) atoms. The standard InChI is InChI=1S/C54H34N2S/c1-3-14-35(15-4-1)36-28-30-37(31-29-36)38-16-11-17-39(34-38)41-22-12-23-44-45-24-13-27-50(54(45)57-53(41)44)56-48-26-10-8-21-46(48)51-49(56)33-32-43-42-20-7-9-25-47(42)55(52(43)51)40-18-5-2-6-19-40/h1-34H. The summed E-state index contributed by atoms with van der Waals surface area (Å²) < 4.78 is 7.57. The average molecular weight is 743 g/mol. The van der Waals surface area contributed by atoms with Crippen molar-refractivity contribution in [3.05, 3.63) is 206 Å². The van der Waals surface area contributed by atoms with Gasteiger partial charge >= 0.3 is 0 Å². The highest BCUT2D eigenvalue weighted by atomic mass is 32.1. The molecule has 0 aliphatic carbocycles. The summed E-state index contributed by atoms with van der Waals surface area (Å²) in [7, 11) is 0. The van der Waals surface area contributed by atoms with Crippen molar-refractivity contribution in [1.29, 1.82) is 0 Å². The van der Waals surface area contributed by atoms with Crippen molar-refractivity contribution in [1.82, 2.24) is 9.13 Å². The maximum absolute atomic E-state index is 2.51. The van der Waals surface area contributed by atoms with Crippen LogP contribution in [0.3, 0.4) is 0 Å². The van der Waals surface area contributed by atoms with Gasteiger partial charge in [0.05, 0.1) is 32.5 Å². The van der Waals surface area contributed by atoms with Crippen LogP contribution in [0.4, 0.5) is 0 Å². The zero-order valence-electron chi connectivity index (χ0n) is 30.9. The van der Waals surface area contributed by atoms with Gasteiger partial charge in [-0.1, -0.05) is 164 Å². The highest BCUT2D eigenvalue weighted by Gasteiger charge is 2.22. The van der Waals surface area contributed by atoms with Crippen LogP contribution in [0.15, 0.2) is 206 Å². The monoisotopic (exact) mass is 742 g/mol. The van der Waals surface area contributed by atoms with Crippen LogP contribution in [-0.2, 0) is 0 Å². The van der Waals surface area contributed by atoms with Crippen LogP contribution in [0.2, 0.25) is 0 Å². The van der Waals surface area contributed by atoms with Crippen LogP contribution in [0, 0.1) is 0 Å². The summed E-state index contributed by atoms with van der Waals surface area (Å²) in [5.41, 5.74) is 14.6. The van der Waals surface area contributed by atoms with Gasteiger partial charge in [-0.3, -0.25) is 0 Å². The molecule has 2 nitrogen and oxygen atoms in total. The van der Waals surface area contributed by atoms with Crippen molar-refractivity contribution in [2.24, 2.45) is 0 Å². The van der Waals surface area contributed by atoms with Crippen LogP contribution >= 0.6 is 11.3 Å². The van der Waals surface area contributed by atoms with E-state index >= 15 is 0 Å². The number of rotatable bonds is 5. The van der Waals surface area contributed by atoms with Gasteiger partial charge in [-0.2, -0.15) is 0 Å². The summed E-state index contributed by atoms with van der Waals surface area (Å²) in [6.07, 6.45) is 0. The molecular weight excluding hydrogens is 709 g/mol. The highest BCUT2D eigenvalue weighted by molar-refractivity contribution is 7.26. The average Bonchev–Trinajstić information content (AvgIpc) is 3.95. The third-order valence-corrected chi connectivity index (χ3v) is 13.0. The number of nitrogens with zero attached hydrogens (tertiary/aromatic N) is 2. The van der Waals surface area contributed by atoms with Gasteiger partial charge in [0, 0.05) is 42.7 Å². The maximum Gasteiger partial charge on any atom is 0.0641 e. The van der Waals surface area contributed by atoms with Gasteiger partial charge in [-0.15, -0.1) is 11.3 Å². The zero-order valence-corrected chi connectivity index (χ0v) is 31.7. The Balaban J connectivity index is 1.06. The molecule has 266 valence electrons. The number of hydrogen-bond acceptors (Lipinski definition) is 1. The number of fused-ring (bicyclic) bond motifs is 10. The van der Waals surface area contributed by atoms with Crippen LogP contribution < -0.4 is 0 Å². The predicted octanol–water partition coefficient (Wildman–Crippen LogP) is 15.2. The third kappa shape index (κ3) is 4.89. The van der Waals surface area contributed by atoms with E-state index < -0.39 is 0 Å². The minimum atomic E-state index is 1.17. The molecule has 0 radical (unpaired) electrons. The maximum atomic E-state index is 2.51. The van der Waals surface area contributed by atoms with Crippen LogP contribution in [0.25, 0.3) is 109 Å². The Bertz CT molecular complexity index is 3490. The van der Waals surface area contributed by atoms with Gasteiger partial charge in [0.2, 0.25) is 0 Å². The normalized spacial score (nSPS) is 11.9. The first-order valence-electron chi connectivity index (χ1n) is 19.5. The molecule has 0 saturated heterocycles. The molecule has 0 saturated carbocycles. The second-order valence-electron chi connectivity index (χ2n) is 14.9. The summed E-state index contributed by atoms with van der Waals surface area (Å²) in [5.74, 6) is 0. The second kappa shape index (κ2) is 12.7. The summed E-state index contributed by atoms with van der Waals surface area (Å²) in [4.78, 5) is 0. The lowest BCUT2D eigenvalue weighted by Crippen LogP contribution is -1.95. The summed E-state index contributed by atoms with van der Waals surface area (Å²) in [6, 6.07) is 75.4. The molecule has 0 fully saturated rings. The van der Waals surface area contributed by atoms with E-state index in [0.717, 1.165) is 0 Å². The fraction of sp³-hybridized carbons (Fsp3) is 0. The SMILES string of the molecule is c1ccc(-c2ccc(-c3cccc(-c4cccc5c4sc4c(-n6c7ccccc7c7c6ccc6c8ccccc8n(-c8ccccc8)c67)cccc45)c3)cc2)cc1. The Kier molecular flexibility index (Phi) is 7.13. The van der Waals surface area contributed by atoms with Crippen molar-refractivity contribution in [2.75, 3.05) is 0 Å². The molecule has 0 unspecified atom stereocenters. The van der Waals surface area contributed by atoms with E-state index in [9.17, 15) is 0 Å². The minimum absolute atomic E-state index is 1.17. The Morgan fingerprint density at radius 1 is 0.316 bits per heavy atom. The Morgan fingerprint density at radius 3 is 1.67 bits per heavy atom. The molecule has 0 aliphatic heterocycles. The van der Waals surface area contributed by atoms with Gasteiger partial charge in [-0.25, -0.2) is 0 Å². The molecule has 3 aromatic heterocycles. The number of para-hydroxylation sites is 3. The van der Waals surface area contributed by atoms with Gasteiger partial charge in [0.25, 0.3) is 0 Å². The summed E-state index contributed by atoms with van der Waals surface area (Å²) >= 11 is 1.91.